The lowest BCUT2D eigenvalue weighted by Gasteiger charge is -2.12. The van der Waals surface area contributed by atoms with Crippen LogP contribution < -0.4 is 0 Å². The molecule has 8 bridgehead atoms. The summed E-state index contributed by atoms with van der Waals surface area (Å²) < 4.78 is 2.33. The van der Waals surface area contributed by atoms with Crippen molar-refractivity contribution in [3.8, 4) is 33.4 Å². The van der Waals surface area contributed by atoms with Crippen molar-refractivity contribution in [3.63, 3.8) is 0 Å². The molecule has 0 spiro atoms. The van der Waals surface area contributed by atoms with Gasteiger partial charge in [-0.1, -0.05) is 121 Å². The number of aromatic nitrogens is 3. The molecule has 9 rings (SSSR count). The van der Waals surface area contributed by atoms with Gasteiger partial charge in [0.05, 0.1) is 22.8 Å². The van der Waals surface area contributed by atoms with E-state index in [0.29, 0.717) is 0 Å². The number of fused-ring (bicyclic) bond motifs is 8. The molecule has 0 radical (unpaired) electrons. The fraction of sp³-hybridized carbons (Fsp3) is 0. The molecular formula is C44H29N3S. The minimum absolute atomic E-state index is 0.902. The topological polar surface area (TPSA) is 41.6 Å². The summed E-state index contributed by atoms with van der Waals surface area (Å²) in [7, 11) is 0. The number of hydrogen-bond donors (Lipinski definition) is 1. The van der Waals surface area contributed by atoms with Gasteiger partial charge in [0.2, 0.25) is 0 Å². The molecule has 1 N–H and O–H groups in total. The van der Waals surface area contributed by atoms with E-state index in [1.54, 1.807) is 0 Å². The first kappa shape index (κ1) is 28.1. The lowest BCUT2D eigenvalue weighted by Crippen LogP contribution is -1.91. The Kier molecular flexibility index (Phi) is 6.99. The van der Waals surface area contributed by atoms with Crippen molar-refractivity contribution in [2.45, 2.75) is 0 Å². The summed E-state index contributed by atoms with van der Waals surface area (Å²) >= 11 is 1.81. The highest BCUT2D eigenvalue weighted by Gasteiger charge is 2.24. The summed E-state index contributed by atoms with van der Waals surface area (Å²) in [5, 5.41) is 0. The summed E-state index contributed by atoms with van der Waals surface area (Å²) in [6, 6.07) is 53.5. The average molecular weight is 632 g/mol. The van der Waals surface area contributed by atoms with E-state index in [1.807, 2.05) is 11.3 Å². The van der Waals surface area contributed by atoms with Crippen LogP contribution in [0.15, 0.2) is 152 Å². The van der Waals surface area contributed by atoms with E-state index in [9.17, 15) is 0 Å². The zero-order valence-corrected chi connectivity index (χ0v) is 26.8. The third-order valence-corrected chi connectivity index (χ3v) is 9.91. The highest BCUT2D eigenvalue weighted by atomic mass is 32.1. The van der Waals surface area contributed by atoms with E-state index in [2.05, 4.69) is 175 Å². The van der Waals surface area contributed by atoms with Crippen molar-refractivity contribution in [2.24, 2.45) is 0 Å². The monoisotopic (exact) mass is 631 g/mol. The predicted molar refractivity (Wildman–Crippen MR) is 203 cm³/mol. The fourth-order valence-corrected chi connectivity index (χ4v) is 7.98. The van der Waals surface area contributed by atoms with Crippen LogP contribution in [-0.4, -0.2) is 15.0 Å². The number of aromatic amines is 1. The quantitative estimate of drug-likeness (QED) is 0.210. The molecule has 48 heavy (non-hydrogen) atoms. The minimum Gasteiger partial charge on any atom is -0.355 e. The van der Waals surface area contributed by atoms with Crippen LogP contribution in [0.4, 0.5) is 0 Å². The standard InChI is InChI=1S/C44H29N3S/c1-5-13-29(14-6-1)38-27-37-26-35-22-21-33(45-35)25-34-23-24-36(46-34)28-39-40(30-15-7-2-8-16-30)41(31-17-9-3-10-18-31)44(48-39)42(43(38)47-37)32-19-11-4-12-20-32/h1-28,45H. The van der Waals surface area contributed by atoms with Crippen LogP contribution in [0.2, 0.25) is 0 Å². The normalized spacial score (nSPS) is 12.2. The van der Waals surface area contributed by atoms with E-state index in [4.69, 9.17) is 9.97 Å². The summed E-state index contributed by atoms with van der Waals surface area (Å²) in [5.41, 5.74) is 14.9. The second kappa shape index (κ2) is 11.9. The number of nitrogens with zero attached hydrogens (tertiary/aromatic N) is 2. The second-order valence-electron chi connectivity index (χ2n) is 11.9. The first-order valence-electron chi connectivity index (χ1n) is 16.1. The summed E-state index contributed by atoms with van der Waals surface area (Å²) in [4.78, 5) is 14.0. The summed E-state index contributed by atoms with van der Waals surface area (Å²) in [6.07, 6.45) is 6.42. The van der Waals surface area contributed by atoms with Crippen molar-refractivity contribution in [3.05, 3.63) is 180 Å². The molecule has 2 aliphatic rings. The van der Waals surface area contributed by atoms with Gasteiger partial charge >= 0.3 is 0 Å². The third kappa shape index (κ3) is 5.19. The lowest BCUT2D eigenvalue weighted by atomic mass is 9.91. The molecule has 0 unspecified atom stereocenters. The smallest absolute Gasteiger partial charge is 0.0808 e. The number of rotatable bonds is 4. The molecule has 0 amide bonds. The molecule has 0 fully saturated rings. The molecule has 4 heteroatoms. The van der Waals surface area contributed by atoms with Gasteiger partial charge in [0.25, 0.3) is 0 Å². The van der Waals surface area contributed by atoms with Gasteiger partial charge in [-0.15, -0.1) is 11.3 Å². The lowest BCUT2D eigenvalue weighted by molar-refractivity contribution is 1.31. The number of hydrogen-bond acceptors (Lipinski definition) is 3. The molecule has 3 nitrogen and oxygen atoms in total. The first-order chi connectivity index (χ1) is 23.8. The van der Waals surface area contributed by atoms with Crippen LogP contribution in [0, 0.1) is 0 Å². The maximum atomic E-state index is 5.45. The number of H-pyrrole nitrogens is 1. The third-order valence-electron chi connectivity index (χ3n) is 8.76. The molecular weight excluding hydrogens is 603 g/mol. The predicted octanol–water partition coefficient (Wildman–Crippen LogP) is 11.8. The van der Waals surface area contributed by atoms with Gasteiger partial charge in [-0.3, -0.25) is 0 Å². The highest BCUT2D eigenvalue weighted by Crippen LogP contribution is 2.49. The van der Waals surface area contributed by atoms with Gasteiger partial charge in [0.1, 0.15) is 0 Å². The summed E-state index contributed by atoms with van der Waals surface area (Å²) in [5.74, 6) is 0. The van der Waals surface area contributed by atoms with Crippen LogP contribution in [0.3, 0.4) is 0 Å². The van der Waals surface area contributed by atoms with Crippen LogP contribution in [-0.2, 0) is 0 Å². The molecule has 2 aliphatic heterocycles. The Hall–Kier alpha value is -6.10. The van der Waals surface area contributed by atoms with E-state index in [-0.39, 0.29) is 0 Å². The van der Waals surface area contributed by atoms with Crippen LogP contribution in [0.25, 0.3) is 77.6 Å². The average Bonchev–Trinajstić information content (AvgIpc) is 3.94. The second-order valence-corrected chi connectivity index (χ2v) is 13.0. The van der Waals surface area contributed by atoms with E-state index in [1.165, 1.54) is 21.4 Å². The van der Waals surface area contributed by atoms with Gasteiger partial charge in [-0.25, -0.2) is 9.97 Å². The molecule has 5 heterocycles. The van der Waals surface area contributed by atoms with Gasteiger partial charge in [0.15, 0.2) is 0 Å². The Bertz CT molecular complexity index is 2530. The Morgan fingerprint density at radius 2 is 0.938 bits per heavy atom. The van der Waals surface area contributed by atoms with E-state index in [0.717, 1.165) is 66.3 Å². The molecule has 4 aromatic carbocycles. The Morgan fingerprint density at radius 3 is 1.54 bits per heavy atom. The van der Waals surface area contributed by atoms with Gasteiger partial charge in [-0.2, -0.15) is 0 Å². The van der Waals surface area contributed by atoms with Crippen LogP contribution >= 0.6 is 11.3 Å². The molecule has 7 aromatic rings. The Labute approximate surface area is 282 Å². The van der Waals surface area contributed by atoms with Crippen LogP contribution in [0.1, 0.15) is 28.3 Å². The highest BCUT2D eigenvalue weighted by molar-refractivity contribution is 7.25. The molecule has 226 valence electrons. The fourth-order valence-electron chi connectivity index (χ4n) is 6.62. The van der Waals surface area contributed by atoms with E-state index >= 15 is 0 Å². The van der Waals surface area contributed by atoms with Crippen molar-refractivity contribution in [2.75, 3.05) is 0 Å². The molecule has 0 aliphatic carbocycles. The SMILES string of the molecule is C1=Cc2cc3sc(c(-c4ccccc4)c4nc(cc5ccc(cc1n2)[nH]5)C=C4c1ccccc1)c(-c1ccccc1)c3-c1ccccc1. The Morgan fingerprint density at radius 1 is 0.438 bits per heavy atom. The number of benzene rings is 4. The number of thiophene rings is 1. The van der Waals surface area contributed by atoms with Crippen molar-refractivity contribution in [1.82, 2.24) is 15.0 Å². The zero-order valence-electron chi connectivity index (χ0n) is 26.0. The molecule has 0 saturated carbocycles. The largest absolute Gasteiger partial charge is 0.355 e. The Balaban J connectivity index is 1.54. The van der Waals surface area contributed by atoms with Gasteiger partial charge < -0.3 is 4.98 Å². The van der Waals surface area contributed by atoms with E-state index < -0.39 is 0 Å². The number of nitrogens with one attached hydrogen (secondary N) is 1. The van der Waals surface area contributed by atoms with Gasteiger partial charge in [0, 0.05) is 42.7 Å². The van der Waals surface area contributed by atoms with Crippen molar-refractivity contribution < 1.29 is 0 Å². The van der Waals surface area contributed by atoms with Crippen LogP contribution in [0.5, 0.6) is 0 Å². The van der Waals surface area contributed by atoms with Gasteiger partial charge in [-0.05, 0) is 70.8 Å². The molecule has 0 atom stereocenters. The summed E-state index contributed by atoms with van der Waals surface area (Å²) in [6.45, 7) is 0. The maximum Gasteiger partial charge on any atom is 0.0808 e. The minimum atomic E-state index is 0.902. The molecule has 0 saturated heterocycles. The first-order valence-corrected chi connectivity index (χ1v) is 16.9. The van der Waals surface area contributed by atoms with Crippen molar-refractivity contribution >= 4 is 55.6 Å². The maximum absolute atomic E-state index is 5.45. The zero-order chi connectivity index (χ0) is 31.9. The van der Waals surface area contributed by atoms with Crippen molar-refractivity contribution in [1.29, 1.82) is 0 Å². The molecule has 3 aromatic heterocycles.